The molecule has 0 aromatic rings. The van der Waals surface area contributed by atoms with E-state index in [-0.39, 0.29) is 12.0 Å². The standard InChI is InChI=1S/C11H20N2O2/c1-13(8-9-2-3-9)11(14)6-10-7-12-4-5-15-10/h9-10,12H,2-8H2,1H3. The minimum atomic E-state index is 0.0768. The number of nitrogens with one attached hydrogen (secondary N) is 1. The first-order valence-corrected chi connectivity index (χ1v) is 5.82. The smallest absolute Gasteiger partial charge is 0.224 e. The Balaban J connectivity index is 1.69. The monoisotopic (exact) mass is 212 g/mol. The molecular weight excluding hydrogens is 192 g/mol. The second-order valence-corrected chi connectivity index (χ2v) is 4.62. The third-order valence-corrected chi connectivity index (χ3v) is 3.06. The van der Waals surface area contributed by atoms with Gasteiger partial charge >= 0.3 is 0 Å². The van der Waals surface area contributed by atoms with Crippen LogP contribution in [-0.4, -0.2) is 50.2 Å². The van der Waals surface area contributed by atoms with Crippen LogP contribution in [0.1, 0.15) is 19.3 Å². The first-order valence-electron chi connectivity index (χ1n) is 5.82. The zero-order valence-electron chi connectivity index (χ0n) is 9.37. The van der Waals surface area contributed by atoms with Crippen molar-refractivity contribution in [2.45, 2.75) is 25.4 Å². The van der Waals surface area contributed by atoms with Gasteiger partial charge in [-0.3, -0.25) is 4.79 Å². The van der Waals surface area contributed by atoms with E-state index in [2.05, 4.69) is 5.32 Å². The molecule has 1 heterocycles. The van der Waals surface area contributed by atoms with Crippen molar-refractivity contribution < 1.29 is 9.53 Å². The van der Waals surface area contributed by atoms with E-state index in [1.165, 1.54) is 12.8 Å². The zero-order chi connectivity index (χ0) is 10.7. The van der Waals surface area contributed by atoms with Gasteiger partial charge in [0, 0.05) is 26.7 Å². The van der Waals surface area contributed by atoms with Crippen molar-refractivity contribution in [2.75, 3.05) is 33.3 Å². The van der Waals surface area contributed by atoms with Crippen LogP contribution in [0.3, 0.4) is 0 Å². The molecule has 1 unspecified atom stereocenters. The van der Waals surface area contributed by atoms with Gasteiger partial charge in [-0.1, -0.05) is 0 Å². The Kier molecular flexibility index (Phi) is 3.59. The first kappa shape index (κ1) is 10.9. The minimum absolute atomic E-state index is 0.0768. The topological polar surface area (TPSA) is 41.6 Å². The molecule has 1 amide bonds. The number of ether oxygens (including phenoxy) is 1. The van der Waals surface area contributed by atoms with E-state index >= 15 is 0 Å². The molecule has 1 aliphatic heterocycles. The predicted octanol–water partition coefficient (Wildman–Crippen LogP) is 0.233. The number of hydrogen-bond donors (Lipinski definition) is 1. The lowest BCUT2D eigenvalue weighted by molar-refractivity contribution is -0.133. The summed E-state index contributed by atoms with van der Waals surface area (Å²) < 4.78 is 5.51. The first-order chi connectivity index (χ1) is 7.25. The predicted molar refractivity (Wildman–Crippen MR) is 57.6 cm³/mol. The number of nitrogens with zero attached hydrogens (tertiary/aromatic N) is 1. The van der Waals surface area contributed by atoms with Crippen LogP contribution in [0.2, 0.25) is 0 Å². The molecule has 4 nitrogen and oxygen atoms in total. The van der Waals surface area contributed by atoms with Crippen LogP contribution in [0.5, 0.6) is 0 Å². The molecule has 0 aromatic carbocycles. The summed E-state index contributed by atoms with van der Waals surface area (Å²) >= 11 is 0. The maximum Gasteiger partial charge on any atom is 0.224 e. The summed E-state index contributed by atoms with van der Waals surface area (Å²) in [6.07, 6.45) is 3.18. The van der Waals surface area contributed by atoms with Crippen LogP contribution in [0, 0.1) is 5.92 Å². The van der Waals surface area contributed by atoms with E-state index in [4.69, 9.17) is 4.74 Å². The summed E-state index contributed by atoms with van der Waals surface area (Å²) in [5, 5.41) is 3.24. The molecular formula is C11H20N2O2. The van der Waals surface area contributed by atoms with Crippen LogP contribution in [0.15, 0.2) is 0 Å². The Morgan fingerprint density at radius 1 is 1.53 bits per heavy atom. The van der Waals surface area contributed by atoms with E-state index in [1.807, 2.05) is 11.9 Å². The molecule has 2 aliphatic rings. The number of rotatable bonds is 4. The van der Waals surface area contributed by atoms with Crippen molar-refractivity contribution in [3.63, 3.8) is 0 Å². The molecule has 1 atom stereocenters. The lowest BCUT2D eigenvalue weighted by Crippen LogP contribution is -2.42. The number of hydrogen-bond acceptors (Lipinski definition) is 3. The van der Waals surface area contributed by atoms with Gasteiger partial charge < -0.3 is 15.0 Å². The molecule has 15 heavy (non-hydrogen) atoms. The summed E-state index contributed by atoms with van der Waals surface area (Å²) in [7, 11) is 1.90. The van der Waals surface area contributed by atoms with Gasteiger partial charge in [-0.2, -0.15) is 0 Å². The Morgan fingerprint density at radius 3 is 2.93 bits per heavy atom. The van der Waals surface area contributed by atoms with E-state index in [0.29, 0.717) is 6.42 Å². The fraction of sp³-hybridized carbons (Fsp3) is 0.909. The third kappa shape index (κ3) is 3.47. The quantitative estimate of drug-likeness (QED) is 0.725. The van der Waals surface area contributed by atoms with Gasteiger partial charge in [0.2, 0.25) is 5.91 Å². The molecule has 86 valence electrons. The number of carbonyl (C=O) groups excluding carboxylic acids is 1. The number of morpholine rings is 1. The van der Waals surface area contributed by atoms with Gasteiger partial charge in [-0.05, 0) is 18.8 Å². The second-order valence-electron chi connectivity index (χ2n) is 4.62. The molecule has 0 spiro atoms. The van der Waals surface area contributed by atoms with E-state index in [0.717, 1.165) is 32.2 Å². The molecule has 1 saturated carbocycles. The van der Waals surface area contributed by atoms with Crippen LogP contribution in [0.25, 0.3) is 0 Å². The Morgan fingerprint density at radius 2 is 2.33 bits per heavy atom. The Labute approximate surface area is 91.0 Å². The average Bonchev–Trinajstić information content (AvgIpc) is 3.03. The van der Waals surface area contributed by atoms with Crippen molar-refractivity contribution >= 4 is 5.91 Å². The summed E-state index contributed by atoms with van der Waals surface area (Å²) in [4.78, 5) is 13.6. The van der Waals surface area contributed by atoms with Crippen molar-refractivity contribution in [1.29, 1.82) is 0 Å². The Bertz CT molecular complexity index is 223. The maximum absolute atomic E-state index is 11.8. The van der Waals surface area contributed by atoms with Crippen LogP contribution >= 0.6 is 0 Å². The fourth-order valence-corrected chi connectivity index (χ4v) is 1.89. The van der Waals surface area contributed by atoms with E-state index in [1.54, 1.807) is 0 Å². The van der Waals surface area contributed by atoms with Crippen molar-refractivity contribution in [3.05, 3.63) is 0 Å². The van der Waals surface area contributed by atoms with Crippen LogP contribution < -0.4 is 5.32 Å². The maximum atomic E-state index is 11.8. The second kappa shape index (κ2) is 4.94. The molecule has 1 N–H and O–H groups in total. The largest absolute Gasteiger partial charge is 0.375 e. The highest BCUT2D eigenvalue weighted by atomic mass is 16.5. The average molecular weight is 212 g/mol. The zero-order valence-corrected chi connectivity index (χ0v) is 9.37. The van der Waals surface area contributed by atoms with E-state index < -0.39 is 0 Å². The summed E-state index contributed by atoms with van der Waals surface area (Å²) in [6, 6.07) is 0. The summed E-state index contributed by atoms with van der Waals surface area (Å²) in [6.45, 7) is 3.37. The van der Waals surface area contributed by atoms with Gasteiger partial charge in [-0.15, -0.1) is 0 Å². The highest BCUT2D eigenvalue weighted by Gasteiger charge is 2.26. The fourth-order valence-electron chi connectivity index (χ4n) is 1.89. The van der Waals surface area contributed by atoms with Gasteiger partial charge in [-0.25, -0.2) is 0 Å². The third-order valence-electron chi connectivity index (χ3n) is 3.06. The van der Waals surface area contributed by atoms with Crippen LogP contribution in [0.4, 0.5) is 0 Å². The van der Waals surface area contributed by atoms with Gasteiger partial charge in [0.1, 0.15) is 0 Å². The van der Waals surface area contributed by atoms with Gasteiger partial charge in [0.05, 0.1) is 19.1 Å². The molecule has 1 saturated heterocycles. The highest BCUT2D eigenvalue weighted by Crippen LogP contribution is 2.29. The SMILES string of the molecule is CN(CC1CC1)C(=O)CC1CNCCO1. The lowest BCUT2D eigenvalue weighted by Gasteiger charge is -2.25. The van der Waals surface area contributed by atoms with Gasteiger partial charge in [0.15, 0.2) is 0 Å². The summed E-state index contributed by atoms with van der Waals surface area (Å²) in [5.41, 5.74) is 0. The Hall–Kier alpha value is -0.610. The summed E-state index contributed by atoms with van der Waals surface area (Å²) in [5.74, 6) is 0.986. The molecule has 2 fully saturated rings. The molecule has 0 bridgehead atoms. The number of carbonyl (C=O) groups is 1. The lowest BCUT2D eigenvalue weighted by atomic mass is 10.2. The van der Waals surface area contributed by atoms with Crippen molar-refractivity contribution in [3.8, 4) is 0 Å². The molecule has 4 heteroatoms. The molecule has 1 aliphatic carbocycles. The highest BCUT2D eigenvalue weighted by molar-refractivity contribution is 5.76. The van der Waals surface area contributed by atoms with E-state index in [9.17, 15) is 4.79 Å². The number of amides is 1. The molecule has 0 radical (unpaired) electrons. The van der Waals surface area contributed by atoms with Crippen molar-refractivity contribution in [1.82, 2.24) is 10.2 Å². The van der Waals surface area contributed by atoms with Crippen molar-refractivity contribution in [2.24, 2.45) is 5.92 Å². The van der Waals surface area contributed by atoms with Crippen LogP contribution in [-0.2, 0) is 9.53 Å². The normalized spacial score (nSPS) is 26.3. The molecule has 0 aromatic heterocycles. The molecule has 2 rings (SSSR count). The minimum Gasteiger partial charge on any atom is -0.375 e. The van der Waals surface area contributed by atoms with Gasteiger partial charge in [0.25, 0.3) is 0 Å².